The van der Waals surface area contributed by atoms with Crippen molar-refractivity contribution in [3.8, 4) is 0 Å². The number of nitrogens with zero attached hydrogens (tertiary/aromatic N) is 3. The van der Waals surface area contributed by atoms with Gasteiger partial charge in [0.15, 0.2) is 0 Å². The number of rotatable bonds is 7. The van der Waals surface area contributed by atoms with Gasteiger partial charge in [0.1, 0.15) is 6.10 Å². The summed E-state index contributed by atoms with van der Waals surface area (Å²) >= 11 is 0. The van der Waals surface area contributed by atoms with Crippen molar-refractivity contribution >= 4 is 16.7 Å². The Morgan fingerprint density at radius 1 is 1.27 bits per heavy atom. The molecule has 3 atom stereocenters. The van der Waals surface area contributed by atoms with Crippen LogP contribution in [0.15, 0.2) is 47.6 Å². The monoisotopic (exact) mass is 353 g/mol. The van der Waals surface area contributed by atoms with Gasteiger partial charge < -0.3 is 9.47 Å². The lowest BCUT2D eigenvalue weighted by molar-refractivity contribution is -0.146. The summed E-state index contributed by atoms with van der Waals surface area (Å²) in [6, 6.07) is 13.7. The second kappa shape index (κ2) is 8.21. The number of ether oxygens (including phenoxy) is 2. The Morgan fingerprint density at radius 2 is 2.04 bits per heavy atom. The fraction of sp³-hybridized carbons (Fsp3) is 0.450. The molecule has 2 aromatic rings. The second-order valence-electron chi connectivity index (χ2n) is 6.99. The number of fused-ring (bicyclic) bond motifs is 1. The molecule has 1 aliphatic rings. The molecule has 3 rings (SSSR count). The zero-order valence-electron chi connectivity index (χ0n) is 15.0. The first-order chi connectivity index (χ1) is 12.6. The molecule has 0 radical (unpaired) electrons. The van der Waals surface area contributed by atoms with E-state index in [1.165, 1.54) is 0 Å². The predicted molar refractivity (Wildman–Crippen MR) is 99.4 cm³/mol. The molecule has 2 aromatic carbocycles. The van der Waals surface area contributed by atoms with Crippen LogP contribution in [0.5, 0.6) is 0 Å². The molecule has 1 saturated heterocycles. The van der Waals surface area contributed by atoms with E-state index in [2.05, 4.69) is 28.2 Å². The highest BCUT2D eigenvalue weighted by Gasteiger charge is 2.40. The highest BCUT2D eigenvalue weighted by atomic mass is 16.6. The van der Waals surface area contributed by atoms with Gasteiger partial charge in [0, 0.05) is 4.91 Å². The molecule has 0 saturated carbocycles. The van der Waals surface area contributed by atoms with E-state index in [1.54, 1.807) is 0 Å². The Morgan fingerprint density at radius 3 is 2.77 bits per heavy atom. The molecule has 0 bridgehead atoms. The molecule has 1 heterocycles. The number of hydrogen-bond donors (Lipinski definition) is 0. The fourth-order valence-corrected chi connectivity index (χ4v) is 3.40. The summed E-state index contributed by atoms with van der Waals surface area (Å²) in [4.78, 5) is 14.9. The van der Waals surface area contributed by atoms with Gasteiger partial charge in [-0.2, -0.15) is 0 Å². The van der Waals surface area contributed by atoms with Gasteiger partial charge in [0.25, 0.3) is 0 Å². The average Bonchev–Trinajstić information content (AvgIpc) is 3.03. The minimum atomic E-state index is -0.511. The molecule has 6 heteroatoms. The van der Waals surface area contributed by atoms with Crippen LogP contribution in [0.2, 0.25) is 0 Å². The highest BCUT2D eigenvalue weighted by Crippen LogP contribution is 2.30. The molecule has 1 fully saturated rings. The van der Waals surface area contributed by atoms with E-state index in [0.29, 0.717) is 13.0 Å². The first-order valence-corrected chi connectivity index (χ1v) is 8.89. The molecule has 0 spiro atoms. The lowest BCUT2D eigenvalue weighted by Gasteiger charge is -2.18. The molecule has 0 amide bonds. The lowest BCUT2D eigenvalue weighted by Crippen LogP contribution is -2.28. The quantitative estimate of drug-likeness (QED) is 0.315. The topological polar surface area (TPSA) is 84.3 Å². The Balaban J connectivity index is 1.64. The van der Waals surface area contributed by atoms with Gasteiger partial charge in [-0.1, -0.05) is 61.4 Å². The zero-order valence-corrected chi connectivity index (χ0v) is 15.0. The van der Waals surface area contributed by atoms with Crippen molar-refractivity contribution in [1.82, 2.24) is 0 Å². The van der Waals surface area contributed by atoms with Gasteiger partial charge in [-0.05, 0) is 34.2 Å². The number of benzene rings is 2. The van der Waals surface area contributed by atoms with Crippen molar-refractivity contribution in [2.75, 3.05) is 6.61 Å². The predicted octanol–water partition coefficient (Wildman–Crippen LogP) is 4.62. The average molecular weight is 353 g/mol. The summed E-state index contributed by atoms with van der Waals surface area (Å²) in [5.74, 6) is -0.150. The van der Waals surface area contributed by atoms with Crippen molar-refractivity contribution in [2.45, 2.75) is 39.0 Å². The van der Waals surface area contributed by atoms with Crippen LogP contribution in [-0.2, 0) is 20.9 Å². The van der Waals surface area contributed by atoms with Crippen LogP contribution in [-0.4, -0.2) is 24.7 Å². The SMILES string of the molecule is CC(C)[C@@H]1C[C@@H]([C@H](COCc2cccc3ccccc23)N=[N+]=[N-])OC1=O. The number of carbonyl (C=O) groups excluding carboxylic acids is 1. The van der Waals surface area contributed by atoms with Crippen LogP contribution in [0.25, 0.3) is 21.2 Å². The third kappa shape index (κ3) is 3.98. The van der Waals surface area contributed by atoms with E-state index in [1.807, 2.05) is 38.1 Å². The van der Waals surface area contributed by atoms with Crippen molar-refractivity contribution < 1.29 is 14.3 Å². The Kier molecular flexibility index (Phi) is 5.76. The molecule has 0 aromatic heterocycles. The summed E-state index contributed by atoms with van der Waals surface area (Å²) in [5.41, 5.74) is 9.93. The maximum Gasteiger partial charge on any atom is 0.309 e. The standard InChI is InChI=1S/C20H23N3O3/c1-13(2)17-10-19(26-20(17)24)18(22-23-21)12-25-11-15-8-5-7-14-6-3-4-9-16(14)15/h3-9,13,17-19H,10-12H2,1-2H3/t17-,18-,19-/m0/s1. The molecule has 0 aliphatic carbocycles. The summed E-state index contributed by atoms with van der Waals surface area (Å²) in [6.07, 6.45) is 0.149. The van der Waals surface area contributed by atoms with E-state index in [0.717, 1.165) is 16.3 Å². The molecule has 1 aliphatic heterocycles. The highest BCUT2D eigenvalue weighted by molar-refractivity contribution is 5.85. The Labute approximate surface area is 152 Å². The third-order valence-corrected chi connectivity index (χ3v) is 4.92. The fourth-order valence-electron chi connectivity index (χ4n) is 3.40. The van der Waals surface area contributed by atoms with E-state index >= 15 is 0 Å². The molecular weight excluding hydrogens is 330 g/mol. The largest absolute Gasteiger partial charge is 0.462 e. The third-order valence-electron chi connectivity index (χ3n) is 4.92. The zero-order chi connectivity index (χ0) is 18.5. The van der Waals surface area contributed by atoms with Crippen LogP contribution < -0.4 is 0 Å². The van der Waals surface area contributed by atoms with Gasteiger partial charge in [-0.25, -0.2) is 0 Å². The Hall–Kier alpha value is -2.56. The minimum Gasteiger partial charge on any atom is -0.462 e. The molecule has 136 valence electrons. The van der Waals surface area contributed by atoms with Crippen molar-refractivity contribution in [3.63, 3.8) is 0 Å². The number of azide groups is 1. The summed E-state index contributed by atoms with van der Waals surface area (Å²) in [5, 5.41) is 6.10. The first-order valence-electron chi connectivity index (χ1n) is 8.89. The smallest absolute Gasteiger partial charge is 0.309 e. The van der Waals surface area contributed by atoms with Crippen LogP contribution in [0.1, 0.15) is 25.8 Å². The maximum atomic E-state index is 12.0. The molecule has 0 unspecified atom stereocenters. The van der Waals surface area contributed by atoms with E-state index in [-0.39, 0.29) is 24.4 Å². The van der Waals surface area contributed by atoms with Gasteiger partial charge in [-0.15, -0.1) is 0 Å². The lowest BCUT2D eigenvalue weighted by atomic mass is 9.91. The number of carbonyl (C=O) groups is 1. The number of hydrogen-bond acceptors (Lipinski definition) is 4. The summed E-state index contributed by atoms with van der Waals surface area (Å²) in [6.45, 7) is 4.62. The van der Waals surface area contributed by atoms with E-state index in [9.17, 15) is 4.79 Å². The van der Waals surface area contributed by atoms with Crippen LogP contribution in [0.4, 0.5) is 0 Å². The maximum absolute atomic E-state index is 12.0. The molecule has 0 N–H and O–H groups in total. The van der Waals surface area contributed by atoms with E-state index < -0.39 is 12.1 Å². The van der Waals surface area contributed by atoms with Gasteiger partial charge in [0.05, 0.1) is 25.2 Å². The van der Waals surface area contributed by atoms with Gasteiger partial charge >= 0.3 is 5.97 Å². The van der Waals surface area contributed by atoms with Crippen molar-refractivity contribution in [3.05, 3.63) is 58.5 Å². The van der Waals surface area contributed by atoms with Gasteiger partial charge in [0.2, 0.25) is 0 Å². The normalized spacial score (nSPS) is 20.8. The van der Waals surface area contributed by atoms with Crippen LogP contribution >= 0.6 is 0 Å². The molecule has 6 nitrogen and oxygen atoms in total. The van der Waals surface area contributed by atoms with Crippen molar-refractivity contribution in [2.24, 2.45) is 17.0 Å². The van der Waals surface area contributed by atoms with Gasteiger partial charge in [-0.3, -0.25) is 4.79 Å². The molecular formula is C20H23N3O3. The summed E-state index contributed by atoms with van der Waals surface area (Å²) < 4.78 is 11.3. The second-order valence-corrected chi connectivity index (χ2v) is 6.99. The molecule has 26 heavy (non-hydrogen) atoms. The van der Waals surface area contributed by atoms with Crippen molar-refractivity contribution in [1.29, 1.82) is 0 Å². The minimum absolute atomic E-state index is 0.144. The Bertz CT molecular complexity index is 825. The first kappa shape index (κ1) is 18.2. The van der Waals surface area contributed by atoms with Crippen LogP contribution in [0, 0.1) is 11.8 Å². The van der Waals surface area contributed by atoms with Crippen LogP contribution in [0.3, 0.4) is 0 Å². The summed E-state index contributed by atoms with van der Waals surface area (Å²) in [7, 11) is 0. The van der Waals surface area contributed by atoms with E-state index in [4.69, 9.17) is 15.0 Å². The number of cyclic esters (lactones) is 1. The number of esters is 1.